The maximum Gasteiger partial charge on any atom is 0.397 e. The van der Waals surface area contributed by atoms with Gasteiger partial charge in [0.1, 0.15) is 5.75 Å². The molecule has 0 fully saturated rings. The van der Waals surface area contributed by atoms with Crippen LogP contribution in [0.2, 0.25) is 0 Å². The smallest absolute Gasteiger partial charge is 0.397 e. The minimum atomic E-state index is -4.67. The Bertz CT molecular complexity index is 635. The summed E-state index contributed by atoms with van der Waals surface area (Å²) in [6.07, 6.45) is 0. The van der Waals surface area contributed by atoms with Gasteiger partial charge in [-0.15, -0.1) is 0 Å². The normalized spacial score (nSPS) is 12.5. The molecule has 0 aliphatic heterocycles. The Balaban J connectivity index is 2.84. The fraction of sp³-hybridized carbons (Fsp3) is 0.250. The van der Waals surface area contributed by atoms with Crippen molar-refractivity contribution in [3.8, 4) is 5.75 Å². The van der Waals surface area contributed by atoms with Crippen molar-refractivity contribution in [2.45, 2.75) is 4.90 Å². The Labute approximate surface area is 104 Å². The topological polar surface area (TPSA) is 144 Å². The first-order chi connectivity index (χ1) is 8.12. The van der Waals surface area contributed by atoms with Crippen molar-refractivity contribution in [2.24, 2.45) is 0 Å². The third-order valence-electron chi connectivity index (χ3n) is 1.94. The Hall–Kier alpha value is -1.36. The first-order valence-corrected chi connectivity index (χ1v) is 7.57. The van der Waals surface area contributed by atoms with Crippen LogP contribution in [0.15, 0.2) is 23.1 Å². The van der Waals surface area contributed by atoms with Crippen molar-refractivity contribution >= 4 is 25.9 Å². The molecular formula is C8H11NO7S2. The van der Waals surface area contributed by atoms with E-state index in [4.69, 9.17) is 15.4 Å². The number of rotatable bonds is 5. The van der Waals surface area contributed by atoms with Gasteiger partial charge >= 0.3 is 10.4 Å². The average molecular weight is 297 g/mol. The number of benzene rings is 1. The summed E-state index contributed by atoms with van der Waals surface area (Å²) in [7, 11) is -8.49. The molecule has 0 saturated carbocycles. The van der Waals surface area contributed by atoms with Crippen molar-refractivity contribution < 1.29 is 30.7 Å². The highest BCUT2D eigenvalue weighted by Crippen LogP contribution is 2.23. The average Bonchev–Trinajstić information content (AvgIpc) is 2.19. The third-order valence-corrected chi connectivity index (χ3v) is 4.08. The third kappa shape index (κ3) is 4.14. The van der Waals surface area contributed by atoms with Crippen LogP contribution in [0, 0.1) is 0 Å². The molecule has 18 heavy (non-hydrogen) atoms. The van der Waals surface area contributed by atoms with Gasteiger partial charge in [0.05, 0.1) is 22.9 Å². The van der Waals surface area contributed by atoms with E-state index in [1.807, 2.05) is 0 Å². The van der Waals surface area contributed by atoms with Crippen LogP contribution in [-0.4, -0.2) is 38.9 Å². The van der Waals surface area contributed by atoms with Gasteiger partial charge in [0.2, 0.25) is 0 Å². The number of anilines is 1. The van der Waals surface area contributed by atoms with Gasteiger partial charge in [0, 0.05) is 0 Å². The molecule has 0 bridgehead atoms. The second kappa shape index (κ2) is 5.10. The monoisotopic (exact) mass is 297 g/mol. The standard InChI is InChI=1S/C8H11NO7S2/c9-7-5-6(1-2-8(7)10)17(11,12)4-3-16-18(13,14)15/h1-2,5,10H,3-4,9H2,(H,13,14,15). The van der Waals surface area contributed by atoms with Crippen LogP contribution in [0.5, 0.6) is 5.75 Å². The van der Waals surface area contributed by atoms with E-state index in [9.17, 15) is 16.8 Å². The van der Waals surface area contributed by atoms with Gasteiger partial charge in [0.25, 0.3) is 0 Å². The lowest BCUT2D eigenvalue weighted by Crippen LogP contribution is -2.15. The molecule has 8 nitrogen and oxygen atoms in total. The van der Waals surface area contributed by atoms with Crippen LogP contribution in [0.3, 0.4) is 0 Å². The molecule has 4 N–H and O–H groups in total. The quantitative estimate of drug-likeness (QED) is 0.377. The molecule has 0 aliphatic rings. The van der Waals surface area contributed by atoms with Crippen LogP contribution in [0.4, 0.5) is 5.69 Å². The molecule has 0 spiro atoms. The number of aromatic hydroxyl groups is 1. The minimum absolute atomic E-state index is 0.119. The molecule has 0 heterocycles. The molecule has 10 heteroatoms. The van der Waals surface area contributed by atoms with E-state index in [0.29, 0.717) is 0 Å². The van der Waals surface area contributed by atoms with Crippen LogP contribution in [-0.2, 0) is 24.4 Å². The molecule has 102 valence electrons. The molecule has 0 aromatic heterocycles. The van der Waals surface area contributed by atoms with Gasteiger partial charge in [0.15, 0.2) is 9.84 Å². The molecule has 0 aliphatic carbocycles. The van der Waals surface area contributed by atoms with Crippen LogP contribution in [0.1, 0.15) is 0 Å². The largest absolute Gasteiger partial charge is 0.506 e. The van der Waals surface area contributed by atoms with E-state index in [2.05, 4.69) is 4.18 Å². The zero-order valence-electron chi connectivity index (χ0n) is 8.98. The van der Waals surface area contributed by atoms with Crippen LogP contribution in [0.25, 0.3) is 0 Å². The maximum atomic E-state index is 11.7. The van der Waals surface area contributed by atoms with Gasteiger partial charge in [-0.2, -0.15) is 8.42 Å². The van der Waals surface area contributed by atoms with Crippen molar-refractivity contribution in [2.75, 3.05) is 18.1 Å². The molecule has 1 aromatic rings. The van der Waals surface area contributed by atoms with Crippen molar-refractivity contribution in [1.82, 2.24) is 0 Å². The van der Waals surface area contributed by atoms with E-state index >= 15 is 0 Å². The lowest BCUT2D eigenvalue weighted by atomic mass is 10.3. The Morgan fingerprint density at radius 2 is 1.83 bits per heavy atom. The highest BCUT2D eigenvalue weighted by molar-refractivity contribution is 7.91. The number of hydrogen-bond acceptors (Lipinski definition) is 7. The van der Waals surface area contributed by atoms with Gasteiger partial charge in [-0.05, 0) is 18.2 Å². The number of hydrogen-bond donors (Lipinski definition) is 3. The number of nitrogens with two attached hydrogens (primary N) is 1. The number of phenolic OH excluding ortho intramolecular Hbond substituents is 1. The molecule has 0 radical (unpaired) electrons. The van der Waals surface area contributed by atoms with E-state index < -0.39 is 32.6 Å². The van der Waals surface area contributed by atoms with Crippen LogP contribution < -0.4 is 5.73 Å². The zero-order chi connectivity index (χ0) is 14.0. The fourth-order valence-corrected chi connectivity index (χ4v) is 2.61. The number of phenols is 1. The first kappa shape index (κ1) is 14.7. The van der Waals surface area contributed by atoms with Crippen molar-refractivity contribution in [3.05, 3.63) is 18.2 Å². The summed E-state index contributed by atoms with van der Waals surface area (Å²) in [5, 5.41) is 9.14. The Morgan fingerprint density at radius 3 is 2.33 bits per heavy atom. The molecule has 1 aromatic carbocycles. The zero-order valence-corrected chi connectivity index (χ0v) is 10.6. The predicted octanol–water partition coefficient (Wildman–Crippen LogP) is -0.432. The van der Waals surface area contributed by atoms with Crippen LogP contribution >= 0.6 is 0 Å². The summed E-state index contributed by atoms with van der Waals surface area (Å²) in [5.74, 6) is -0.917. The number of nitrogen functional groups attached to an aromatic ring is 1. The first-order valence-electron chi connectivity index (χ1n) is 4.55. The van der Waals surface area contributed by atoms with Gasteiger partial charge < -0.3 is 10.8 Å². The van der Waals surface area contributed by atoms with E-state index in [1.165, 1.54) is 0 Å². The Morgan fingerprint density at radius 1 is 1.22 bits per heavy atom. The molecule has 0 saturated heterocycles. The summed E-state index contributed by atoms with van der Waals surface area (Å²) in [4.78, 5) is -0.184. The summed E-state index contributed by atoms with van der Waals surface area (Å²) in [5.41, 5.74) is 5.21. The summed E-state index contributed by atoms with van der Waals surface area (Å²) in [6.45, 7) is -0.720. The fourth-order valence-electron chi connectivity index (χ4n) is 1.09. The lowest BCUT2D eigenvalue weighted by Gasteiger charge is -2.06. The second-order valence-corrected chi connectivity index (χ2v) is 6.49. The maximum absolute atomic E-state index is 11.7. The minimum Gasteiger partial charge on any atom is -0.506 e. The molecule has 0 amide bonds. The predicted molar refractivity (Wildman–Crippen MR) is 62.1 cm³/mol. The number of sulfone groups is 1. The summed E-state index contributed by atoms with van der Waals surface area (Å²) >= 11 is 0. The molecule has 1 rings (SSSR count). The van der Waals surface area contributed by atoms with Gasteiger partial charge in [-0.25, -0.2) is 12.6 Å². The molecular weight excluding hydrogens is 286 g/mol. The van der Waals surface area contributed by atoms with Gasteiger partial charge in [-0.1, -0.05) is 0 Å². The summed E-state index contributed by atoms with van der Waals surface area (Å²) < 4.78 is 56.0. The lowest BCUT2D eigenvalue weighted by molar-refractivity contribution is 0.284. The van der Waals surface area contributed by atoms with E-state index in [1.54, 1.807) is 0 Å². The molecule has 0 atom stereocenters. The highest BCUT2D eigenvalue weighted by Gasteiger charge is 2.17. The van der Waals surface area contributed by atoms with E-state index in [0.717, 1.165) is 18.2 Å². The van der Waals surface area contributed by atoms with Gasteiger partial charge in [-0.3, -0.25) is 4.55 Å². The SMILES string of the molecule is Nc1cc(S(=O)(=O)CCOS(=O)(=O)O)ccc1O. The van der Waals surface area contributed by atoms with E-state index in [-0.39, 0.29) is 16.3 Å². The second-order valence-electron chi connectivity index (χ2n) is 3.29. The van der Waals surface area contributed by atoms with Crippen molar-refractivity contribution in [1.29, 1.82) is 0 Å². The Kier molecular flexibility index (Phi) is 4.16. The molecule has 0 unspecified atom stereocenters. The highest BCUT2D eigenvalue weighted by atomic mass is 32.3. The summed E-state index contributed by atoms with van der Waals surface area (Å²) in [6, 6.07) is 3.26. The van der Waals surface area contributed by atoms with Crippen molar-refractivity contribution in [3.63, 3.8) is 0 Å².